The molecule has 0 aromatic heterocycles. The third-order valence-electron chi connectivity index (χ3n) is 8.27. The summed E-state index contributed by atoms with van der Waals surface area (Å²) in [6.07, 6.45) is 0.762. The van der Waals surface area contributed by atoms with Crippen LogP contribution in [0.25, 0.3) is 0 Å². The van der Waals surface area contributed by atoms with Crippen molar-refractivity contribution >= 4 is 23.1 Å². The Labute approximate surface area is 254 Å². The summed E-state index contributed by atoms with van der Waals surface area (Å²) in [4.78, 5) is 22.8. The number of likely N-dealkylation sites (tertiary alicyclic amines) is 1. The van der Waals surface area contributed by atoms with E-state index in [0.717, 1.165) is 50.1 Å². The molecule has 1 amide bonds. The number of allylic oxidation sites excluding steroid dienone is 2. The van der Waals surface area contributed by atoms with Gasteiger partial charge in [0, 0.05) is 74.5 Å². The van der Waals surface area contributed by atoms with Gasteiger partial charge in [-0.1, -0.05) is 26.3 Å². The highest BCUT2D eigenvalue weighted by molar-refractivity contribution is 5.95. The molecular formula is C32H47F3N6O2. The number of rotatable bonds is 12. The van der Waals surface area contributed by atoms with Crippen molar-refractivity contribution in [3.8, 4) is 0 Å². The third kappa shape index (κ3) is 8.75. The molecule has 11 heteroatoms. The van der Waals surface area contributed by atoms with Crippen LogP contribution in [0.4, 0.5) is 24.5 Å². The number of nitrogens with zero attached hydrogens (tertiary/aromatic N) is 4. The molecule has 3 aliphatic heterocycles. The molecule has 0 radical (unpaired) electrons. The molecule has 1 spiro atoms. The van der Waals surface area contributed by atoms with Gasteiger partial charge >= 0.3 is 6.18 Å². The van der Waals surface area contributed by atoms with Gasteiger partial charge in [-0.05, 0) is 57.0 Å². The van der Waals surface area contributed by atoms with Crippen molar-refractivity contribution in [2.75, 3.05) is 76.3 Å². The maximum Gasteiger partial charge on any atom is 0.419 e. The molecule has 0 aliphatic carbocycles. The molecule has 0 bridgehead atoms. The second-order valence-electron chi connectivity index (χ2n) is 12.0. The number of ether oxygens (including phenoxy) is 1. The molecule has 3 aliphatic rings. The van der Waals surface area contributed by atoms with Gasteiger partial charge < -0.3 is 30.1 Å². The lowest BCUT2D eigenvalue weighted by Crippen LogP contribution is -2.71. The van der Waals surface area contributed by atoms with Crippen molar-refractivity contribution in [1.82, 2.24) is 15.1 Å². The number of aryl methyl sites for hydroxylation is 1. The molecule has 3 saturated heterocycles. The molecule has 0 saturated carbocycles. The number of anilines is 2. The number of alkyl halides is 3. The topological polar surface area (TPSA) is 72.4 Å². The largest absolute Gasteiger partial charge is 0.419 e. The summed E-state index contributed by atoms with van der Waals surface area (Å²) in [5.41, 5.74) is 2.76. The van der Waals surface area contributed by atoms with Gasteiger partial charge in [-0.3, -0.25) is 4.79 Å². The number of halogens is 3. The number of amidine groups is 1. The van der Waals surface area contributed by atoms with Gasteiger partial charge in [-0.2, -0.15) is 13.2 Å². The minimum atomic E-state index is -4.59. The van der Waals surface area contributed by atoms with E-state index in [4.69, 9.17) is 4.74 Å². The maximum atomic E-state index is 14.2. The van der Waals surface area contributed by atoms with Gasteiger partial charge in [0.2, 0.25) is 5.91 Å². The van der Waals surface area contributed by atoms with E-state index >= 15 is 0 Å². The van der Waals surface area contributed by atoms with Crippen LogP contribution in [-0.2, 0) is 16.0 Å². The van der Waals surface area contributed by atoms with Gasteiger partial charge in [-0.15, -0.1) is 0 Å². The van der Waals surface area contributed by atoms with Crippen LogP contribution in [0, 0.1) is 5.41 Å². The molecule has 3 fully saturated rings. The zero-order chi connectivity index (χ0) is 31.0. The van der Waals surface area contributed by atoms with Gasteiger partial charge in [0.05, 0.1) is 25.2 Å². The Morgan fingerprint density at radius 3 is 2.60 bits per heavy atom. The molecule has 238 valence electrons. The fraction of sp³-hybridized carbons (Fsp3) is 0.625. The van der Waals surface area contributed by atoms with Crippen LogP contribution in [0.2, 0.25) is 0 Å². The standard InChI is InChI=1S/C32H47F3N6O2/c1-5-7-9-29(36-13-8-14-40-15-17-43-16-12-30(40)42)27(32(33,34)35)19-37-24(3)38-28-11-10-26(18-25(28)6-2)41-22-31(23-41)20-39(4)21-31/h9-11,18-19,36H,5-8,12-17,20-23H2,1-4H3,(H,37,38)/b27-19+,29-9-. The molecule has 1 aromatic rings. The highest BCUT2D eigenvalue weighted by atomic mass is 19.4. The summed E-state index contributed by atoms with van der Waals surface area (Å²) in [7, 11) is 2.15. The van der Waals surface area contributed by atoms with Gasteiger partial charge in [0.15, 0.2) is 0 Å². The average Bonchev–Trinajstić information content (AvgIpc) is 3.13. The number of aliphatic imine (C=N–C) groups is 1. The summed E-state index contributed by atoms with van der Waals surface area (Å²) in [6.45, 7) is 12.3. The zero-order valence-electron chi connectivity index (χ0n) is 26.0. The second-order valence-corrected chi connectivity index (χ2v) is 12.0. The van der Waals surface area contributed by atoms with E-state index in [1.165, 1.54) is 5.69 Å². The van der Waals surface area contributed by atoms with E-state index in [2.05, 4.69) is 51.5 Å². The molecule has 43 heavy (non-hydrogen) atoms. The predicted octanol–water partition coefficient (Wildman–Crippen LogP) is 5.19. The van der Waals surface area contributed by atoms with Crippen LogP contribution >= 0.6 is 0 Å². The number of amides is 1. The fourth-order valence-corrected chi connectivity index (χ4v) is 6.13. The number of carbonyl (C=O) groups excluding carboxylic acids is 1. The molecular weight excluding hydrogens is 557 g/mol. The second kappa shape index (κ2) is 14.6. The number of benzene rings is 1. The number of nitrogens with one attached hydrogen (secondary N) is 2. The number of carbonyl (C=O) groups is 1. The quantitative estimate of drug-likeness (QED) is 0.148. The van der Waals surface area contributed by atoms with Crippen molar-refractivity contribution in [2.45, 2.75) is 59.1 Å². The maximum absolute atomic E-state index is 14.2. The monoisotopic (exact) mass is 604 g/mol. The molecule has 0 atom stereocenters. The Balaban J connectivity index is 1.40. The Kier molecular flexibility index (Phi) is 11.2. The van der Waals surface area contributed by atoms with Gasteiger partial charge in [0.25, 0.3) is 0 Å². The molecule has 2 N–H and O–H groups in total. The minimum Gasteiger partial charge on any atom is -0.385 e. The van der Waals surface area contributed by atoms with E-state index in [0.29, 0.717) is 69.8 Å². The average molecular weight is 605 g/mol. The Bertz CT molecular complexity index is 1200. The highest BCUT2D eigenvalue weighted by Gasteiger charge is 2.50. The van der Waals surface area contributed by atoms with Crippen LogP contribution in [0.3, 0.4) is 0 Å². The minimum absolute atomic E-state index is 0.0139. The lowest BCUT2D eigenvalue weighted by Gasteiger charge is -2.60. The molecule has 1 aromatic carbocycles. The van der Waals surface area contributed by atoms with Gasteiger partial charge in [-0.25, -0.2) is 4.99 Å². The first-order valence-corrected chi connectivity index (χ1v) is 15.5. The lowest BCUT2D eigenvalue weighted by molar-refractivity contribution is -0.130. The van der Waals surface area contributed by atoms with Crippen LogP contribution in [0.1, 0.15) is 52.0 Å². The van der Waals surface area contributed by atoms with Crippen LogP contribution in [0.15, 0.2) is 46.7 Å². The van der Waals surface area contributed by atoms with E-state index in [-0.39, 0.29) is 11.6 Å². The number of unbranched alkanes of at least 4 members (excludes halogenated alkanes) is 1. The smallest absolute Gasteiger partial charge is 0.385 e. The third-order valence-corrected chi connectivity index (χ3v) is 8.27. The molecule has 3 heterocycles. The molecule has 8 nitrogen and oxygen atoms in total. The summed E-state index contributed by atoms with van der Waals surface area (Å²) in [6, 6.07) is 6.24. The van der Waals surface area contributed by atoms with Crippen molar-refractivity contribution in [2.24, 2.45) is 10.4 Å². The first kappa shape index (κ1) is 32.9. The van der Waals surface area contributed by atoms with Crippen molar-refractivity contribution in [1.29, 1.82) is 0 Å². The lowest BCUT2D eigenvalue weighted by atomic mass is 9.73. The molecule has 4 rings (SSSR count). The van der Waals surface area contributed by atoms with Crippen LogP contribution in [0.5, 0.6) is 0 Å². The number of hydrogen-bond donors (Lipinski definition) is 2. The first-order chi connectivity index (χ1) is 20.5. The van der Waals surface area contributed by atoms with E-state index in [1.54, 1.807) is 17.9 Å². The normalized spacial score (nSPS) is 20.2. The van der Waals surface area contributed by atoms with E-state index in [1.807, 2.05) is 13.0 Å². The van der Waals surface area contributed by atoms with E-state index < -0.39 is 11.7 Å². The summed E-state index contributed by atoms with van der Waals surface area (Å²) < 4.78 is 48.1. The SMILES string of the molecule is CCC/C=C(NCCCN1CCOCCC1=O)/C(=C\N=C(C)Nc1ccc(N2CC3(CN(C)C3)C2)cc1CC)C(F)(F)F. The fourth-order valence-electron chi connectivity index (χ4n) is 6.13. The first-order valence-electron chi connectivity index (χ1n) is 15.5. The highest BCUT2D eigenvalue weighted by Crippen LogP contribution is 2.41. The summed E-state index contributed by atoms with van der Waals surface area (Å²) >= 11 is 0. The Hall–Kier alpha value is -3.05. The summed E-state index contributed by atoms with van der Waals surface area (Å²) in [5, 5.41) is 6.19. The zero-order valence-corrected chi connectivity index (χ0v) is 26.0. The number of hydrogen-bond acceptors (Lipinski definition) is 6. The Morgan fingerprint density at radius 1 is 1.16 bits per heavy atom. The molecule has 0 unspecified atom stereocenters. The predicted molar refractivity (Wildman–Crippen MR) is 166 cm³/mol. The van der Waals surface area contributed by atoms with Crippen molar-refractivity contribution in [3.05, 3.63) is 47.3 Å². The van der Waals surface area contributed by atoms with Crippen molar-refractivity contribution in [3.63, 3.8) is 0 Å². The summed E-state index contributed by atoms with van der Waals surface area (Å²) in [5.74, 6) is 0.394. The van der Waals surface area contributed by atoms with Crippen molar-refractivity contribution < 1.29 is 22.7 Å². The van der Waals surface area contributed by atoms with E-state index in [9.17, 15) is 18.0 Å². The van der Waals surface area contributed by atoms with Gasteiger partial charge in [0.1, 0.15) is 5.84 Å². The van der Waals surface area contributed by atoms with Crippen LogP contribution in [-0.4, -0.2) is 93.8 Å². The Morgan fingerprint density at radius 2 is 1.93 bits per heavy atom. The van der Waals surface area contributed by atoms with Crippen LogP contribution < -0.4 is 15.5 Å².